The third-order valence-electron chi connectivity index (χ3n) is 3.16. The molecule has 2 heterocycles. The van der Waals surface area contributed by atoms with Crippen molar-refractivity contribution in [2.24, 2.45) is 5.73 Å². The van der Waals surface area contributed by atoms with Crippen LogP contribution in [0.15, 0.2) is 17.5 Å². The Morgan fingerprint density at radius 2 is 2.44 bits per heavy atom. The number of piperidine rings is 1. The standard InChI is InChI=1S/C12H18N2OS/c13-8-10-4-1-2-6-14(10)9-11(15)12-5-3-7-16-12/h3,5,7,10H,1-2,4,6,8-9,13H2/t10-/m0/s1. The van der Waals surface area contributed by atoms with Gasteiger partial charge in [0.1, 0.15) is 0 Å². The van der Waals surface area contributed by atoms with Crippen molar-refractivity contribution in [2.75, 3.05) is 19.6 Å². The van der Waals surface area contributed by atoms with Gasteiger partial charge in [0, 0.05) is 12.6 Å². The second kappa shape index (κ2) is 5.57. The van der Waals surface area contributed by atoms with Crippen molar-refractivity contribution in [1.29, 1.82) is 0 Å². The molecule has 16 heavy (non-hydrogen) atoms. The fourth-order valence-corrected chi connectivity index (χ4v) is 2.89. The molecule has 1 aromatic heterocycles. The highest BCUT2D eigenvalue weighted by Gasteiger charge is 2.23. The van der Waals surface area contributed by atoms with Crippen molar-refractivity contribution < 1.29 is 4.79 Å². The normalized spacial score (nSPS) is 22.2. The number of ketones is 1. The van der Waals surface area contributed by atoms with E-state index in [0.717, 1.165) is 17.8 Å². The summed E-state index contributed by atoms with van der Waals surface area (Å²) in [5.74, 6) is 0.232. The summed E-state index contributed by atoms with van der Waals surface area (Å²) < 4.78 is 0. The number of nitrogens with two attached hydrogens (primary N) is 1. The molecule has 0 amide bonds. The maximum Gasteiger partial charge on any atom is 0.186 e. The van der Waals surface area contributed by atoms with Gasteiger partial charge in [0.25, 0.3) is 0 Å². The fraction of sp³-hybridized carbons (Fsp3) is 0.583. The highest BCUT2D eigenvalue weighted by Crippen LogP contribution is 2.17. The number of hydrogen-bond donors (Lipinski definition) is 1. The maximum atomic E-state index is 12.0. The van der Waals surface area contributed by atoms with Crippen molar-refractivity contribution in [3.8, 4) is 0 Å². The molecule has 88 valence electrons. The van der Waals surface area contributed by atoms with E-state index in [1.54, 1.807) is 0 Å². The SMILES string of the molecule is NC[C@@H]1CCCCN1CC(=O)c1cccs1. The summed E-state index contributed by atoms with van der Waals surface area (Å²) in [6, 6.07) is 4.22. The summed E-state index contributed by atoms with van der Waals surface area (Å²) in [5, 5.41) is 1.95. The lowest BCUT2D eigenvalue weighted by molar-refractivity contribution is 0.0855. The molecule has 1 aliphatic rings. The van der Waals surface area contributed by atoms with Crippen molar-refractivity contribution in [2.45, 2.75) is 25.3 Å². The van der Waals surface area contributed by atoms with Gasteiger partial charge in [-0.15, -0.1) is 11.3 Å². The van der Waals surface area contributed by atoms with E-state index in [1.807, 2.05) is 17.5 Å². The first-order chi connectivity index (χ1) is 7.81. The minimum atomic E-state index is 0.232. The summed E-state index contributed by atoms with van der Waals surface area (Å²) in [5.41, 5.74) is 5.74. The molecule has 0 radical (unpaired) electrons. The molecular weight excluding hydrogens is 220 g/mol. The first-order valence-corrected chi connectivity index (χ1v) is 6.70. The van der Waals surface area contributed by atoms with Gasteiger partial charge in [0.05, 0.1) is 11.4 Å². The zero-order valence-corrected chi connectivity index (χ0v) is 10.2. The first kappa shape index (κ1) is 11.8. The van der Waals surface area contributed by atoms with E-state index in [0.29, 0.717) is 19.1 Å². The summed E-state index contributed by atoms with van der Waals surface area (Å²) in [7, 11) is 0. The third-order valence-corrected chi connectivity index (χ3v) is 4.07. The molecule has 2 rings (SSSR count). The topological polar surface area (TPSA) is 46.3 Å². The molecule has 0 aliphatic carbocycles. The van der Waals surface area contributed by atoms with E-state index in [-0.39, 0.29) is 5.78 Å². The number of likely N-dealkylation sites (tertiary alicyclic amines) is 1. The Morgan fingerprint density at radius 1 is 1.56 bits per heavy atom. The highest BCUT2D eigenvalue weighted by atomic mass is 32.1. The molecule has 2 N–H and O–H groups in total. The van der Waals surface area contributed by atoms with Gasteiger partial charge in [-0.1, -0.05) is 12.5 Å². The summed E-state index contributed by atoms with van der Waals surface area (Å²) in [6.45, 7) is 2.21. The molecule has 1 atom stereocenters. The van der Waals surface area contributed by atoms with Gasteiger partial charge in [-0.2, -0.15) is 0 Å². The number of thiophene rings is 1. The predicted molar refractivity (Wildman–Crippen MR) is 66.9 cm³/mol. The van der Waals surface area contributed by atoms with Crippen molar-refractivity contribution in [3.63, 3.8) is 0 Å². The van der Waals surface area contributed by atoms with Crippen molar-refractivity contribution in [3.05, 3.63) is 22.4 Å². The lowest BCUT2D eigenvalue weighted by Gasteiger charge is -2.34. The van der Waals surface area contributed by atoms with Crippen LogP contribution in [0.5, 0.6) is 0 Å². The molecule has 3 nitrogen and oxygen atoms in total. The molecule has 4 heteroatoms. The van der Waals surface area contributed by atoms with Crippen LogP contribution in [0.1, 0.15) is 28.9 Å². The van der Waals surface area contributed by atoms with E-state index in [9.17, 15) is 4.79 Å². The average Bonchev–Trinajstić information content (AvgIpc) is 2.83. The molecule has 1 aliphatic heterocycles. The van der Waals surface area contributed by atoms with E-state index >= 15 is 0 Å². The Labute approximate surface area is 100 Å². The number of rotatable bonds is 4. The average molecular weight is 238 g/mol. The highest BCUT2D eigenvalue weighted by molar-refractivity contribution is 7.12. The molecule has 0 saturated carbocycles. The van der Waals surface area contributed by atoms with Crippen LogP contribution in [-0.4, -0.2) is 36.4 Å². The summed E-state index contributed by atoms with van der Waals surface area (Å²) in [6.07, 6.45) is 3.56. The van der Waals surface area contributed by atoms with Gasteiger partial charge in [-0.3, -0.25) is 9.69 Å². The molecule has 0 bridgehead atoms. The number of nitrogens with zero attached hydrogens (tertiary/aromatic N) is 1. The second-order valence-corrected chi connectivity index (χ2v) is 5.20. The quantitative estimate of drug-likeness (QED) is 0.813. The minimum Gasteiger partial charge on any atom is -0.329 e. The lowest BCUT2D eigenvalue weighted by Crippen LogP contribution is -2.46. The molecular formula is C12H18N2OS. The Kier molecular flexibility index (Phi) is 4.09. The van der Waals surface area contributed by atoms with Gasteiger partial charge in [0.2, 0.25) is 0 Å². The molecule has 1 aromatic rings. The maximum absolute atomic E-state index is 12.0. The Hall–Kier alpha value is -0.710. The van der Waals surface area contributed by atoms with Crippen molar-refractivity contribution >= 4 is 17.1 Å². The summed E-state index contributed by atoms with van der Waals surface area (Å²) in [4.78, 5) is 15.1. The molecule has 1 saturated heterocycles. The zero-order chi connectivity index (χ0) is 11.4. The number of hydrogen-bond acceptors (Lipinski definition) is 4. The van der Waals surface area contributed by atoms with E-state index in [4.69, 9.17) is 5.73 Å². The number of carbonyl (C=O) groups is 1. The van der Waals surface area contributed by atoms with Crippen molar-refractivity contribution in [1.82, 2.24) is 4.90 Å². The van der Waals surface area contributed by atoms with Crippen LogP contribution in [0.3, 0.4) is 0 Å². The molecule has 1 fully saturated rings. The minimum absolute atomic E-state index is 0.232. The number of carbonyl (C=O) groups excluding carboxylic acids is 1. The van der Waals surface area contributed by atoms with E-state index in [1.165, 1.54) is 24.2 Å². The van der Waals surface area contributed by atoms with Gasteiger partial charge in [0.15, 0.2) is 5.78 Å². The van der Waals surface area contributed by atoms with Crippen LogP contribution in [0, 0.1) is 0 Å². The van der Waals surface area contributed by atoms with E-state index < -0.39 is 0 Å². The molecule has 0 aromatic carbocycles. The van der Waals surface area contributed by atoms with Gasteiger partial charge >= 0.3 is 0 Å². The van der Waals surface area contributed by atoms with Gasteiger partial charge < -0.3 is 5.73 Å². The first-order valence-electron chi connectivity index (χ1n) is 5.82. The van der Waals surface area contributed by atoms with Crippen LogP contribution in [0.4, 0.5) is 0 Å². The monoisotopic (exact) mass is 238 g/mol. The number of Topliss-reactive ketones (excluding diaryl/α,β-unsaturated/α-hetero) is 1. The Balaban J connectivity index is 1.95. The van der Waals surface area contributed by atoms with E-state index in [2.05, 4.69) is 4.90 Å². The van der Waals surface area contributed by atoms with Crippen LogP contribution >= 0.6 is 11.3 Å². The Bertz CT molecular complexity index is 337. The van der Waals surface area contributed by atoms with Gasteiger partial charge in [-0.05, 0) is 30.8 Å². The van der Waals surface area contributed by atoms with Crippen LogP contribution < -0.4 is 5.73 Å². The lowest BCUT2D eigenvalue weighted by atomic mass is 10.0. The predicted octanol–water partition coefficient (Wildman–Crippen LogP) is 1.74. The smallest absolute Gasteiger partial charge is 0.186 e. The second-order valence-electron chi connectivity index (χ2n) is 4.26. The summed E-state index contributed by atoms with van der Waals surface area (Å²) >= 11 is 1.52. The third kappa shape index (κ3) is 2.70. The van der Waals surface area contributed by atoms with Gasteiger partial charge in [-0.25, -0.2) is 0 Å². The fourth-order valence-electron chi connectivity index (χ4n) is 2.23. The Morgan fingerprint density at radius 3 is 3.12 bits per heavy atom. The van der Waals surface area contributed by atoms with Crippen LogP contribution in [0.2, 0.25) is 0 Å². The van der Waals surface area contributed by atoms with Crippen LogP contribution in [0.25, 0.3) is 0 Å². The largest absolute Gasteiger partial charge is 0.329 e. The zero-order valence-electron chi connectivity index (χ0n) is 9.39. The molecule has 0 spiro atoms. The molecule has 0 unspecified atom stereocenters. The van der Waals surface area contributed by atoms with Crippen LogP contribution in [-0.2, 0) is 0 Å².